The van der Waals surface area contributed by atoms with E-state index in [2.05, 4.69) is 5.32 Å². The lowest BCUT2D eigenvalue weighted by molar-refractivity contribution is -0.140. The number of hydrogen-bond donors (Lipinski definition) is 1. The van der Waals surface area contributed by atoms with E-state index in [-0.39, 0.29) is 35.2 Å². The van der Waals surface area contributed by atoms with Gasteiger partial charge in [0, 0.05) is 30.6 Å². The number of ether oxygens (including phenoxy) is 2. The zero-order valence-corrected chi connectivity index (χ0v) is 27.8. The average molecular weight is 664 g/mol. The molecule has 0 spiro atoms. The van der Waals surface area contributed by atoms with E-state index in [0.29, 0.717) is 22.9 Å². The van der Waals surface area contributed by atoms with Crippen molar-refractivity contribution in [2.24, 2.45) is 0 Å². The predicted molar refractivity (Wildman–Crippen MR) is 180 cm³/mol. The maximum absolute atomic E-state index is 14.6. The number of benzene rings is 4. The molecule has 0 saturated carbocycles. The molecule has 4 rings (SSSR count). The molecule has 0 fully saturated rings. The first kappa shape index (κ1) is 34.3. The van der Waals surface area contributed by atoms with Crippen LogP contribution in [0.1, 0.15) is 23.6 Å². The van der Waals surface area contributed by atoms with Crippen LogP contribution in [0.15, 0.2) is 102 Å². The third kappa shape index (κ3) is 8.18. The number of halogens is 1. The Kier molecular flexibility index (Phi) is 11.7. The molecule has 0 bridgehead atoms. The molecule has 0 radical (unpaired) electrons. The molecule has 0 aromatic heterocycles. The number of carbonyl (C=O) groups excluding carboxylic acids is 2. The minimum Gasteiger partial charge on any atom is -0.497 e. The fraction of sp³-hybridized carbons (Fsp3) is 0.257. The molecule has 0 aliphatic rings. The summed E-state index contributed by atoms with van der Waals surface area (Å²) in [7, 11) is -1.45. The Morgan fingerprint density at radius 1 is 0.891 bits per heavy atom. The van der Waals surface area contributed by atoms with Crippen molar-refractivity contribution < 1.29 is 27.5 Å². The topological polar surface area (TPSA) is 105 Å². The summed E-state index contributed by atoms with van der Waals surface area (Å²) in [6.07, 6.45) is 0.191. The van der Waals surface area contributed by atoms with Crippen LogP contribution in [0.4, 0.5) is 5.69 Å². The number of hydrogen-bond acceptors (Lipinski definition) is 6. The van der Waals surface area contributed by atoms with Crippen LogP contribution in [-0.4, -0.2) is 58.5 Å². The lowest BCUT2D eigenvalue weighted by Crippen LogP contribution is -2.53. The van der Waals surface area contributed by atoms with Gasteiger partial charge in [-0.25, -0.2) is 8.42 Å². The molecule has 0 aliphatic heterocycles. The second-order valence-corrected chi connectivity index (χ2v) is 12.8. The number of aryl methyl sites for hydroxylation is 1. The number of anilines is 1. The number of nitrogens with zero attached hydrogens (tertiary/aromatic N) is 2. The van der Waals surface area contributed by atoms with Gasteiger partial charge in [0.05, 0.1) is 24.8 Å². The second kappa shape index (κ2) is 15.6. The molecule has 11 heteroatoms. The summed E-state index contributed by atoms with van der Waals surface area (Å²) in [6, 6.07) is 26.4. The molecule has 2 amide bonds. The smallest absolute Gasteiger partial charge is 0.264 e. The monoisotopic (exact) mass is 663 g/mol. The Morgan fingerprint density at radius 3 is 2.20 bits per heavy atom. The molecule has 9 nitrogen and oxygen atoms in total. The van der Waals surface area contributed by atoms with Gasteiger partial charge in [0.2, 0.25) is 11.8 Å². The summed E-state index contributed by atoms with van der Waals surface area (Å²) in [5.41, 5.74) is 2.41. The van der Waals surface area contributed by atoms with Gasteiger partial charge >= 0.3 is 0 Å². The van der Waals surface area contributed by atoms with Crippen molar-refractivity contribution in [3.63, 3.8) is 0 Å². The number of nitrogens with one attached hydrogen (secondary N) is 1. The molecular weight excluding hydrogens is 626 g/mol. The maximum Gasteiger partial charge on any atom is 0.264 e. The van der Waals surface area contributed by atoms with E-state index in [1.54, 1.807) is 55.5 Å². The zero-order chi connectivity index (χ0) is 33.3. The summed E-state index contributed by atoms with van der Waals surface area (Å²) in [6.45, 7) is 3.30. The van der Waals surface area contributed by atoms with E-state index in [0.717, 1.165) is 15.4 Å². The van der Waals surface area contributed by atoms with Gasteiger partial charge in [-0.15, -0.1) is 0 Å². The fourth-order valence-corrected chi connectivity index (χ4v) is 6.61. The number of methoxy groups -OCH3 is 2. The molecule has 0 heterocycles. The number of sulfonamides is 1. The van der Waals surface area contributed by atoms with E-state index in [1.165, 1.54) is 37.3 Å². The number of amides is 2. The molecule has 0 unspecified atom stereocenters. The highest BCUT2D eigenvalue weighted by Gasteiger charge is 2.36. The van der Waals surface area contributed by atoms with Crippen LogP contribution in [-0.2, 0) is 32.6 Å². The number of likely N-dealkylation sites (N-methyl/N-ethyl adjacent to an activating group) is 1. The summed E-state index contributed by atoms with van der Waals surface area (Å²) in [5.74, 6) is -0.414. The van der Waals surface area contributed by atoms with Crippen molar-refractivity contribution in [1.29, 1.82) is 0 Å². The Bertz CT molecular complexity index is 1750. The lowest BCUT2D eigenvalue weighted by atomic mass is 10.0. The van der Waals surface area contributed by atoms with Crippen LogP contribution in [0.25, 0.3) is 0 Å². The van der Waals surface area contributed by atoms with Crippen LogP contribution in [0.3, 0.4) is 0 Å². The first-order valence-electron chi connectivity index (χ1n) is 14.7. The van der Waals surface area contributed by atoms with Crippen molar-refractivity contribution in [1.82, 2.24) is 10.2 Å². The minimum absolute atomic E-state index is 0.0158. The van der Waals surface area contributed by atoms with Crippen molar-refractivity contribution in [2.75, 3.05) is 31.6 Å². The minimum atomic E-state index is -4.33. The molecule has 0 aliphatic carbocycles. The van der Waals surface area contributed by atoms with Crippen LogP contribution < -0.4 is 19.1 Å². The van der Waals surface area contributed by atoms with Gasteiger partial charge < -0.3 is 19.7 Å². The molecule has 242 valence electrons. The lowest BCUT2D eigenvalue weighted by Gasteiger charge is -2.34. The van der Waals surface area contributed by atoms with Gasteiger partial charge in [-0.3, -0.25) is 13.9 Å². The van der Waals surface area contributed by atoms with Crippen LogP contribution >= 0.6 is 11.6 Å². The fourth-order valence-electron chi connectivity index (χ4n) is 5.00. The SMILES string of the molecule is CCNC(=O)[C@@H](Cc1ccccc1)N(Cc1ccccc1Cl)C(=O)CN(c1cc(OC)ccc1OC)S(=O)(=O)c1ccc(C)cc1. The van der Waals surface area contributed by atoms with Gasteiger partial charge in [0.1, 0.15) is 24.1 Å². The number of carbonyl (C=O) groups is 2. The standard InChI is InChI=1S/C35H38ClN3O6S/c1-5-37-35(41)32(21-26-11-7-6-8-12-26)38(23-27-13-9-10-14-30(27)36)34(40)24-39(31-22-28(44-3)17-20-33(31)45-4)46(42,43)29-18-15-25(2)16-19-29/h6-20,22,32H,5,21,23-24H2,1-4H3,(H,37,41)/t32-/m1/s1. The molecule has 4 aromatic rings. The quantitative estimate of drug-likeness (QED) is 0.187. The Labute approximate surface area is 275 Å². The first-order chi connectivity index (χ1) is 22.1. The van der Waals surface area contributed by atoms with Gasteiger partial charge in [0.15, 0.2) is 0 Å². The normalized spacial score (nSPS) is 11.8. The summed E-state index contributed by atoms with van der Waals surface area (Å²) in [5, 5.41) is 3.26. The molecule has 4 aromatic carbocycles. The zero-order valence-electron chi connectivity index (χ0n) is 26.3. The average Bonchev–Trinajstić information content (AvgIpc) is 3.06. The molecule has 1 N–H and O–H groups in total. The van der Waals surface area contributed by atoms with Crippen molar-refractivity contribution in [3.8, 4) is 11.5 Å². The van der Waals surface area contributed by atoms with Crippen molar-refractivity contribution in [2.45, 2.75) is 37.8 Å². The third-order valence-corrected chi connectivity index (χ3v) is 9.61. The van der Waals surface area contributed by atoms with Crippen molar-refractivity contribution in [3.05, 3.63) is 119 Å². The van der Waals surface area contributed by atoms with E-state index in [9.17, 15) is 18.0 Å². The second-order valence-electron chi connectivity index (χ2n) is 10.6. The molecule has 46 heavy (non-hydrogen) atoms. The van der Waals surface area contributed by atoms with E-state index in [4.69, 9.17) is 21.1 Å². The Hall–Kier alpha value is -4.54. The molecule has 0 saturated heterocycles. The summed E-state index contributed by atoms with van der Waals surface area (Å²) < 4.78 is 40.6. The first-order valence-corrected chi connectivity index (χ1v) is 16.6. The third-order valence-electron chi connectivity index (χ3n) is 7.46. The van der Waals surface area contributed by atoms with Gasteiger partial charge in [0.25, 0.3) is 10.0 Å². The molecular formula is C35H38ClN3O6S. The largest absolute Gasteiger partial charge is 0.497 e. The summed E-state index contributed by atoms with van der Waals surface area (Å²) in [4.78, 5) is 29.6. The van der Waals surface area contributed by atoms with Gasteiger partial charge in [-0.05, 0) is 55.3 Å². The van der Waals surface area contributed by atoms with Gasteiger partial charge in [-0.2, -0.15) is 0 Å². The summed E-state index contributed by atoms with van der Waals surface area (Å²) >= 11 is 6.54. The van der Waals surface area contributed by atoms with E-state index < -0.39 is 28.5 Å². The predicted octanol–water partition coefficient (Wildman–Crippen LogP) is 5.64. The van der Waals surface area contributed by atoms with Crippen LogP contribution in [0.5, 0.6) is 11.5 Å². The van der Waals surface area contributed by atoms with E-state index in [1.807, 2.05) is 37.3 Å². The highest BCUT2D eigenvalue weighted by atomic mass is 35.5. The number of rotatable bonds is 14. The highest BCUT2D eigenvalue weighted by Crippen LogP contribution is 2.36. The highest BCUT2D eigenvalue weighted by molar-refractivity contribution is 7.92. The van der Waals surface area contributed by atoms with Crippen molar-refractivity contribution >= 4 is 39.1 Å². The van der Waals surface area contributed by atoms with E-state index >= 15 is 0 Å². The Balaban J connectivity index is 1.87. The van der Waals surface area contributed by atoms with Crippen LogP contribution in [0, 0.1) is 6.92 Å². The van der Waals surface area contributed by atoms with Gasteiger partial charge in [-0.1, -0.05) is 77.8 Å². The molecule has 1 atom stereocenters. The Morgan fingerprint density at radius 2 is 1.57 bits per heavy atom. The van der Waals surface area contributed by atoms with Crippen LogP contribution in [0.2, 0.25) is 5.02 Å². The maximum atomic E-state index is 14.6.